The molecule has 0 spiro atoms. The number of thioether (sulfide) groups is 1. The molecule has 4 nitrogen and oxygen atoms in total. The molecule has 3 N–H and O–H groups in total. The standard InChI is InChI=1S/C9H13BrN2O2S2/c10-8-1-2-9(12-7-8)16(13,14)6-5-15-4-3-11/h1-2,7H,3-6,11H2/p+1. The van der Waals surface area contributed by atoms with Crippen LogP contribution >= 0.6 is 27.7 Å². The summed E-state index contributed by atoms with van der Waals surface area (Å²) in [6.45, 7) is 0.821. The SMILES string of the molecule is [NH3+]CCSCCS(=O)(=O)c1ccc(Br)cn1. The Kier molecular flexibility index (Phi) is 5.74. The van der Waals surface area contributed by atoms with Crippen LogP contribution in [-0.2, 0) is 9.84 Å². The first kappa shape index (κ1) is 14.0. The molecule has 0 atom stereocenters. The zero-order chi connectivity index (χ0) is 12.0. The van der Waals surface area contributed by atoms with Gasteiger partial charge in [-0.2, -0.15) is 11.8 Å². The number of rotatable bonds is 6. The van der Waals surface area contributed by atoms with E-state index in [-0.39, 0.29) is 10.8 Å². The fraction of sp³-hybridized carbons (Fsp3) is 0.444. The van der Waals surface area contributed by atoms with E-state index in [4.69, 9.17) is 0 Å². The minimum atomic E-state index is -3.23. The van der Waals surface area contributed by atoms with E-state index in [0.29, 0.717) is 5.75 Å². The molecular weight excluding hydrogens is 312 g/mol. The van der Waals surface area contributed by atoms with Gasteiger partial charge in [0.15, 0.2) is 14.9 Å². The van der Waals surface area contributed by atoms with Gasteiger partial charge in [0.05, 0.1) is 12.3 Å². The molecule has 0 aromatic carbocycles. The molecule has 16 heavy (non-hydrogen) atoms. The Hall–Kier alpha value is -0.110. The predicted octanol–water partition coefficient (Wildman–Crippen LogP) is 0.593. The van der Waals surface area contributed by atoms with E-state index in [0.717, 1.165) is 16.8 Å². The molecule has 0 bridgehead atoms. The summed E-state index contributed by atoms with van der Waals surface area (Å²) in [6.07, 6.45) is 1.50. The van der Waals surface area contributed by atoms with Gasteiger partial charge in [-0.25, -0.2) is 13.4 Å². The van der Waals surface area contributed by atoms with Gasteiger partial charge in [-0.05, 0) is 28.1 Å². The third-order valence-corrected chi connectivity index (χ3v) is 5.22. The summed E-state index contributed by atoms with van der Waals surface area (Å²) in [6, 6.07) is 3.20. The van der Waals surface area contributed by atoms with Crippen molar-refractivity contribution in [2.75, 3.05) is 23.8 Å². The highest BCUT2D eigenvalue weighted by molar-refractivity contribution is 9.10. The van der Waals surface area contributed by atoms with Gasteiger partial charge in [0.25, 0.3) is 0 Å². The number of hydrogen-bond donors (Lipinski definition) is 1. The molecule has 7 heteroatoms. The van der Waals surface area contributed by atoms with Crippen molar-refractivity contribution in [3.8, 4) is 0 Å². The fourth-order valence-corrected chi connectivity index (χ4v) is 3.71. The van der Waals surface area contributed by atoms with Crippen molar-refractivity contribution in [2.45, 2.75) is 5.03 Å². The molecule has 1 rings (SSSR count). The molecule has 1 aromatic rings. The van der Waals surface area contributed by atoms with Crippen molar-refractivity contribution >= 4 is 37.5 Å². The van der Waals surface area contributed by atoms with Crippen LogP contribution in [0, 0.1) is 0 Å². The number of halogens is 1. The summed E-state index contributed by atoms with van der Waals surface area (Å²) >= 11 is 4.82. The maximum atomic E-state index is 11.8. The third-order valence-electron chi connectivity index (χ3n) is 1.80. The molecule has 0 radical (unpaired) electrons. The largest absolute Gasteiger partial charge is 0.357 e. The first-order valence-electron chi connectivity index (χ1n) is 4.77. The zero-order valence-corrected chi connectivity index (χ0v) is 11.9. The van der Waals surface area contributed by atoms with Gasteiger partial charge in [0, 0.05) is 22.2 Å². The van der Waals surface area contributed by atoms with Crippen LogP contribution < -0.4 is 5.73 Å². The molecule has 0 aliphatic carbocycles. The minimum absolute atomic E-state index is 0.131. The molecule has 0 saturated carbocycles. The van der Waals surface area contributed by atoms with Crippen LogP contribution in [-0.4, -0.2) is 37.2 Å². The summed E-state index contributed by atoms with van der Waals surface area (Å²) in [5.41, 5.74) is 3.70. The van der Waals surface area contributed by atoms with Crippen LogP contribution in [0.5, 0.6) is 0 Å². The van der Waals surface area contributed by atoms with E-state index in [1.54, 1.807) is 17.8 Å². The van der Waals surface area contributed by atoms with Gasteiger partial charge in [-0.3, -0.25) is 0 Å². The van der Waals surface area contributed by atoms with Crippen LogP contribution in [0.3, 0.4) is 0 Å². The summed E-state index contributed by atoms with van der Waals surface area (Å²) in [5.74, 6) is 1.62. The van der Waals surface area contributed by atoms with Crippen LogP contribution in [0.25, 0.3) is 0 Å². The van der Waals surface area contributed by atoms with E-state index >= 15 is 0 Å². The van der Waals surface area contributed by atoms with Crippen molar-refractivity contribution in [2.24, 2.45) is 0 Å². The van der Waals surface area contributed by atoms with Gasteiger partial charge in [0.2, 0.25) is 0 Å². The fourth-order valence-electron chi connectivity index (χ4n) is 1.02. The maximum absolute atomic E-state index is 11.8. The van der Waals surface area contributed by atoms with Gasteiger partial charge in [-0.1, -0.05) is 0 Å². The Labute approximate surface area is 108 Å². The summed E-state index contributed by atoms with van der Waals surface area (Å²) in [7, 11) is -3.23. The number of sulfone groups is 1. The van der Waals surface area contributed by atoms with Crippen molar-refractivity contribution in [3.05, 3.63) is 22.8 Å². The van der Waals surface area contributed by atoms with E-state index in [1.165, 1.54) is 12.3 Å². The quantitative estimate of drug-likeness (QED) is 0.777. The van der Waals surface area contributed by atoms with Crippen LogP contribution in [0.15, 0.2) is 27.8 Å². The Morgan fingerprint density at radius 1 is 1.38 bits per heavy atom. The van der Waals surface area contributed by atoms with Crippen LogP contribution in [0.2, 0.25) is 0 Å². The Balaban J connectivity index is 2.60. The monoisotopic (exact) mass is 325 g/mol. The molecular formula is C9H14BrN2O2S2+. The first-order chi connectivity index (χ1) is 7.56. The third kappa shape index (κ3) is 4.40. The second-order valence-electron chi connectivity index (χ2n) is 3.10. The van der Waals surface area contributed by atoms with Crippen LogP contribution in [0.1, 0.15) is 0 Å². The highest BCUT2D eigenvalue weighted by atomic mass is 79.9. The number of hydrogen-bond acceptors (Lipinski definition) is 4. The Morgan fingerprint density at radius 2 is 2.12 bits per heavy atom. The normalized spacial score (nSPS) is 11.6. The molecule has 0 aliphatic heterocycles. The van der Waals surface area contributed by atoms with Crippen molar-refractivity contribution in [1.82, 2.24) is 4.98 Å². The van der Waals surface area contributed by atoms with Crippen molar-refractivity contribution in [3.63, 3.8) is 0 Å². The lowest BCUT2D eigenvalue weighted by molar-refractivity contribution is -0.360. The number of aromatic nitrogens is 1. The first-order valence-corrected chi connectivity index (χ1v) is 8.37. The van der Waals surface area contributed by atoms with Gasteiger partial charge in [-0.15, -0.1) is 0 Å². The Morgan fingerprint density at radius 3 is 2.69 bits per heavy atom. The minimum Gasteiger partial charge on any atom is -0.357 e. The van der Waals surface area contributed by atoms with Gasteiger partial charge >= 0.3 is 0 Å². The second-order valence-corrected chi connectivity index (χ2v) is 7.30. The number of nitrogens with zero attached hydrogens (tertiary/aromatic N) is 1. The van der Waals surface area contributed by atoms with Gasteiger partial charge in [0.1, 0.15) is 0 Å². The lowest BCUT2D eigenvalue weighted by Gasteiger charge is -2.02. The molecule has 90 valence electrons. The van der Waals surface area contributed by atoms with E-state index < -0.39 is 9.84 Å². The maximum Gasteiger partial charge on any atom is 0.196 e. The van der Waals surface area contributed by atoms with E-state index in [1.807, 2.05) is 0 Å². The summed E-state index contributed by atoms with van der Waals surface area (Å²) in [5, 5.41) is 0.144. The molecule has 0 aliphatic rings. The average molecular weight is 326 g/mol. The second kappa shape index (κ2) is 6.58. The van der Waals surface area contributed by atoms with Gasteiger partial charge < -0.3 is 5.73 Å². The molecule has 1 aromatic heterocycles. The molecule has 0 fully saturated rings. The lowest BCUT2D eigenvalue weighted by Crippen LogP contribution is -2.51. The lowest BCUT2D eigenvalue weighted by atomic mass is 10.5. The highest BCUT2D eigenvalue weighted by Gasteiger charge is 2.15. The smallest absolute Gasteiger partial charge is 0.196 e. The predicted molar refractivity (Wildman–Crippen MR) is 69.1 cm³/mol. The van der Waals surface area contributed by atoms with Crippen molar-refractivity contribution in [1.29, 1.82) is 0 Å². The number of pyridine rings is 1. The van der Waals surface area contributed by atoms with Crippen LogP contribution in [0.4, 0.5) is 0 Å². The van der Waals surface area contributed by atoms with Crippen molar-refractivity contribution < 1.29 is 14.2 Å². The summed E-state index contributed by atoms with van der Waals surface area (Å²) < 4.78 is 24.4. The summed E-state index contributed by atoms with van der Waals surface area (Å²) in [4.78, 5) is 3.89. The average Bonchev–Trinajstić information content (AvgIpc) is 2.25. The Bertz CT molecular complexity index is 420. The highest BCUT2D eigenvalue weighted by Crippen LogP contribution is 2.13. The zero-order valence-electron chi connectivity index (χ0n) is 8.73. The molecule has 0 saturated heterocycles. The molecule has 0 unspecified atom stereocenters. The number of quaternary nitrogens is 1. The molecule has 0 amide bonds. The topological polar surface area (TPSA) is 74.7 Å². The van der Waals surface area contributed by atoms with E-state index in [9.17, 15) is 8.42 Å². The van der Waals surface area contributed by atoms with E-state index in [2.05, 4.69) is 26.6 Å². The molecule has 1 heterocycles.